The average molecular weight is 376 g/mol. The van der Waals surface area contributed by atoms with Crippen LogP contribution in [-0.2, 0) is 16.0 Å². The number of hydrogen-bond acceptors (Lipinski definition) is 3. The minimum absolute atomic E-state index is 0.00908. The Labute approximate surface area is 164 Å². The minimum Gasteiger partial charge on any atom is -0.342 e. The van der Waals surface area contributed by atoms with Gasteiger partial charge in [0, 0.05) is 31.1 Å². The Balaban J connectivity index is 1.40. The number of carbonyl (C=O) groups is 2. The number of aryl methyl sites for hydroxylation is 2. The van der Waals surface area contributed by atoms with E-state index in [9.17, 15) is 9.59 Å². The minimum atomic E-state index is -0.0409. The zero-order chi connectivity index (χ0) is 19.7. The molecule has 0 unspecified atom stereocenters. The Morgan fingerprint density at radius 3 is 2.82 bits per heavy atom. The number of fused-ring (bicyclic) bond motifs is 1. The summed E-state index contributed by atoms with van der Waals surface area (Å²) in [6.07, 6.45) is 0.869. The molecular weight excluding hydrogens is 352 g/mol. The van der Waals surface area contributed by atoms with Crippen LogP contribution in [0.25, 0.3) is 11.0 Å². The van der Waals surface area contributed by atoms with E-state index in [4.69, 9.17) is 0 Å². The summed E-state index contributed by atoms with van der Waals surface area (Å²) in [5.41, 5.74) is 3.88. The Kier molecular flexibility index (Phi) is 4.86. The normalized spacial score (nSPS) is 17.4. The lowest BCUT2D eigenvalue weighted by atomic mass is 10.1. The lowest BCUT2D eigenvalue weighted by Crippen LogP contribution is -2.57. The van der Waals surface area contributed by atoms with Gasteiger partial charge >= 0.3 is 0 Å². The number of imidazole rings is 1. The molecule has 1 aromatic heterocycles. The summed E-state index contributed by atoms with van der Waals surface area (Å²) in [6, 6.07) is 15.7. The van der Waals surface area contributed by atoms with Crippen LogP contribution in [0.4, 0.5) is 5.69 Å². The number of nitrogens with zero attached hydrogens (tertiary/aromatic N) is 3. The molecule has 0 bridgehead atoms. The molecule has 28 heavy (non-hydrogen) atoms. The first-order chi connectivity index (χ1) is 13.5. The Bertz CT molecular complexity index is 993. The second kappa shape index (κ2) is 7.46. The molecule has 1 atom stereocenters. The molecular formula is C22H24N4O2. The molecule has 144 valence electrons. The highest BCUT2D eigenvalue weighted by Crippen LogP contribution is 2.22. The van der Waals surface area contributed by atoms with Gasteiger partial charge in [-0.1, -0.05) is 24.3 Å². The molecule has 1 fully saturated rings. The molecule has 4 rings (SSSR count). The lowest BCUT2D eigenvalue weighted by molar-refractivity contribution is -0.139. The fourth-order valence-corrected chi connectivity index (χ4v) is 3.72. The van der Waals surface area contributed by atoms with Crippen LogP contribution < -0.4 is 4.90 Å². The van der Waals surface area contributed by atoms with Gasteiger partial charge in [-0.15, -0.1) is 0 Å². The number of anilines is 1. The summed E-state index contributed by atoms with van der Waals surface area (Å²) in [5, 5.41) is 0. The highest BCUT2D eigenvalue weighted by molar-refractivity contribution is 5.98. The maximum absolute atomic E-state index is 12.8. The van der Waals surface area contributed by atoms with Crippen molar-refractivity contribution in [2.75, 3.05) is 18.0 Å². The molecule has 2 amide bonds. The highest BCUT2D eigenvalue weighted by atomic mass is 16.2. The second-order valence-corrected chi connectivity index (χ2v) is 7.41. The van der Waals surface area contributed by atoms with Crippen LogP contribution in [0.15, 0.2) is 48.5 Å². The molecule has 1 aliphatic rings. The standard InChI is InChI=1S/C22H24N4O2/c1-15-6-5-7-17(12-15)26-13-16(2)25(14-22(26)28)21(27)11-10-20-23-18-8-3-4-9-19(18)24-20/h3-9,12,16H,10-11,13-14H2,1-2H3,(H,23,24)/t16-/m1/s1. The van der Waals surface area contributed by atoms with Gasteiger partial charge in [-0.25, -0.2) is 4.98 Å². The van der Waals surface area contributed by atoms with Crippen molar-refractivity contribution in [1.82, 2.24) is 14.9 Å². The lowest BCUT2D eigenvalue weighted by Gasteiger charge is -2.39. The van der Waals surface area contributed by atoms with Crippen LogP contribution in [0.5, 0.6) is 0 Å². The van der Waals surface area contributed by atoms with Crippen LogP contribution in [0.2, 0.25) is 0 Å². The zero-order valence-corrected chi connectivity index (χ0v) is 16.2. The summed E-state index contributed by atoms with van der Waals surface area (Å²) >= 11 is 0. The third-order valence-corrected chi connectivity index (χ3v) is 5.23. The van der Waals surface area contributed by atoms with E-state index in [1.165, 1.54) is 0 Å². The fraction of sp³-hybridized carbons (Fsp3) is 0.318. The maximum Gasteiger partial charge on any atom is 0.246 e. The topological polar surface area (TPSA) is 69.3 Å². The van der Waals surface area contributed by atoms with E-state index >= 15 is 0 Å². The Morgan fingerprint density at radius 1 is 1.21 bits per heavy atom. The van der Waals surface area contributed by atoms with Gasteiger partial charge in [0.15, 0.2) is 0 Å². The third kappa shape index (κ3) is 3.63. The SMILES string of the molecule is Cc1cccc(N2C[C@@H](C)N(C(=O)CCc3nc4ccccc4[nH]3)CC2=O)c1. The number of hydrogen-bond donors (Lipinski definition) is 1. The quantitative estimate of drug-likeness (QED) is 0.761. The highest BCUT2D eigenvalue weighted by Gasteiger charge is 2.33. The van der Waals surface area contributed by atoms with Crippen molar-refractivity contribution >= 4 is 28.5 Å². The number of piperazine rings is 1. The molecule has 0 aliphatic carbocycles. The van der Waals surface area contributed by atoms with Crippen LogP contribution in [0.3, 0.4) is 0 Å². The average Bonchev–Trinajstić information content (AvgIpc) is 3.10. The molecule has 1 saturated heterocycles. The number of aromatic amines is 1. The largest absolute Gasteiger partial charge is 0.342 e. The number of rotatable bonds is 4. The second-order valence-electron chi connectivity index (χ2n) is 7.41. The molecule has 2 heterocycles. The fourth-order valence-electron chi connectivity index (χ4n) is 3.72. The van der Waals surface area contributed by atoms with Crippen LogP contribution >= 0.6 is 0 Å². The van der Waals surface area contributed by atoms with E-state index < -0.39 is 0 Å². The molecule has 1 N–H and O–H groups in total. The van der Waals surface area contributed by atoms with E-state index in [1.807, 2.05) is 62.4 Å². The van der Waals surface area contributed by atoms with Gasteiger partial charge in [-0.05, 0) is 43.7 Å². The Morgan fingerprint density at radius 2 is 2.04 bits per heavy atom. The predicted molar refractivity (Wildman–Crippen MR) is 109 cm³/mol. The summed E-state index contributed by atoms with van der Waals surface area (Å²) in [7, 11) is 0. The van der Waals surface area contributed by atoms with Gasteiger partial charge in [-0.3, -0.25) is 9.59 Å². The van der Waals surface area contributed by atoms with Gasteiger partial charge in [0.25, 0.3) is 0 Å². The van der Waals surface area contributed by atoms with Crippen molar-refractivity contribution in [3.05, 3.63) is 59.9 Å². The molecule has 0 radical (unpaired) electrons. The molecule has 2 aromatic carbocycles. The monoisotopic (exact) mass is 376 g/mol. The van der Waals surface area contributed by atoms with Gasteiger partial charge in [0.1, 0.15) is 12.4 Å². The van der Waals surface area contributed by atoms with Crippen molar-refractivity contribution in [3.8, 4) is 0 Å². The van der Waals surface area contributed by atoms with Crippen molar-refractivity contribution in [2.45, 2.75) is 32.7 Å². The maximum atomic E-state index is 12.8. The summed E-state index contributed by atoms with van der Waals surface area (Å²) in [5.74, 6) is 0.748. The summed E-state index contributed by atoms with van der Waals surface area (Å²) in [4.78, 5) is 36.7. The first-order valence-electron chi connectivity index (χ1n) is 9.61. The third-order valence-electron chi connectivity index (χ3n) is 5.23. The van der Waals surface area contributed by atoms with Crippen molar-refractivity contribution < 1.29 is 9.59 Å². The number of benzene rings is 2. The summed E-state index contributed by atoms with van der Waals surface area (Å²) < 4.78 is 0. The van der Waals surface area contributed by atoms with Crippen molar-refractivity contribution in [2.24, 2.45) is 0 Å². The molecule has 6 nitrogen and oxygen atoms in total. The van der Waals surface area contributed by atoms with Crippen molar-refractivity contribution in [3.63, 3.8) is 0 Å². The molecule has 0 spiro atoms. The first-order valence-corrected chi connectivity index (χ1v) is 9.61. The van der Waals surface area contributed by atoms with Crippen LogP contribution in [-0.4, -0.2) is 45.8 Å². The van der Waals surface area contributed by atoms with E-state index in [0.717, 1.165) is 28.1 Å². The summed E-state index contributed by atoms with van der Waals surface area (Å²) in [6.45, 7) is 4.64. The van der Waals surface area contributed by atoms with Crippen LogP contribution in [0, 0.1) is 6.92 Å². The van der Waals surface area contributed by atoms with E-state index in [2.05, 4.69) is 9.97 Å². The Hall–Kier alpha value is -3.15. The van der Waals surface area contributed by atoms with Gasteiger partial charge < -0.3 is 14.8 Å². The zero-order valence-electron chi connectivity index (χ0n) is 16.2. The number of carbonyl (C=O) groups excluding carboxylic acids is 2. The first kappa shape index (κ1) is 18.2. The number of H-pyrrole nitrogens is 1. The number of para-hydroxylation sites is 2. The van der Waals surface area contributed by atoms with E-state index in [1.54, 1.807) is 9.80 Å². The molecule has 6 heteroatoms. The number of amides is 2. The van der Waals surface area contributed by atoms with Gasteiger partial charge in [-0.2, -0.15) is 0 Å². The number of aromatic nitrogens is 2. The smallest absolute Gasteiger partial charge is 0.246 e. The predicted octanol–water partition coefficient (Wildman–Crippen LogP) is 3.07. The van der Waals surface area contributed by atoms with E-state index in [0.29, 0.717) is 19.4 Å². The number of nitrogens with one attached hydrogen (secondary N) is 1. The molecule has 3 aromatic rings. The van der Waals surface area contributed by atoms with Crippen LogP contribution in [0.1, 0.15) is 24.7 Å². The van der Waals surface area contributed by atoms with E-state index in [-0.39, 0.29) is 24.4 Å². The van der Waals surface area contributed by atoms with Gasteiger partial charge in [0.05, 0.1) is 11.0 Å². The van der Waals surface area contributed by atoms with Gasteiger partial charge in [0.2, 0.25) is 11.8 Å². The molecule has 0 saturated carbocycles. The van der Waals surface area contributed by atoms with Crippen molar-refractivity contribution in [1.29, 1.82) is 0 Å². The molecule has 1 aliphatic heterocycles.